The second-order valence-electron chi connectivity index (χ2n) is 2.41. The SMILES string of the molecule is CC=CC=CC(=O)[O-].CC=CC=CC(=O)[O-].[Pd+2]. The van der Waals surface area contributed by atoms with Crippen LogP contribution in [0.1, 0.15) is 13.8 Å². The molecule has 0 amide bonds. The van der Waals surface area contributed by atoms with Crippen LogP contribution in [-0.4, -0.2) is 11.9 Å². The van der Waals surface area contributed by atoms with Gasteiger partial charge < -0.3 is 19.8 Å². The predicted molar refractivity (Wildman–Crippen MR) is 57.9 cm³/mol. The summed E-state index contributed by atoms with van der Waals surface area (Å²) in [7, 11) is 0. The molecule has 4 nitrogen and oxygen atoms in total. The number of allylic oxidation sites excluding steroid dienone is 6. The van der Waals surface area contributed by atoms with Crippen LogP contribution in [0.2, 0.25) is 0 Å². The molecule has 0 aromatic rings. The molecule has 0 aromatic carbocycles. The number of carboxylic acids is 2. The second kappa shape index (κ2) is 17.0. The van der Waals surface area contributed by atoms with Gasteiger partial charge in [-0.05, 0) is 26.0 Å². The van der Waals surface area contributed by atoms with Crippen molar-refractivity contribution < 1.29 is 40.2 Å². The van der Waals surface area contributed by atoms with Gasteiger partial charge in [-0.2, -0.15) is 0 Å². The van der Waals surface area contributed by atoms with Crippen molar-refractivity contribution >= 4 is 11.9 Å². The third-order valence-electron chi connectivity index (χ3n) is 1.07. The second-order valence-corrected chi connectivity index (χ2v) is 2.41. The Morgan fingerprint density at radius 1 is 0.765 bits per heavy atom. The molecule has 0 aliphatic rings. The van der Waals surface area contributed by atoms with Crippen molar-refractivity contribution in [3.8, 4) is 0 Å². The third kappa shape index (κ3) is 31.3. The first kappa shape index (κ1) is 20.9. The monoisotopic (exact) mass is 328 g/mol. The van der Waals surface area contributed by atoms with Crippen molar-refractivity contribution in [1.82, 2.24) is 0 Å². The molecule has 0 heterocycles. The summed E-state index contributed by atoms with van der Waals surface area (Å²) in [5, 5.41) is 19.3. The molecule has 0 unspecified atom stereocenters. The first-order valence-corrected chi connectivity index (χ1v) is 4.55. The van der Waals surface area contributed by atoms with Gasteiger partial charge in [0.2, 0.25) is 0 Å². The van der Waals surface area contributed by atoms with Crippen LogP contribution in [0.25, 0.3) is 0 Å². The van der Waals surface area contributed by atoms with Crippen molar-refractivity contribution in [2.45, 2.75) is 13.8 Å². The minimum atomic E-state index is -1.16. The van der Waals surface area contributed by atoms with E-state index in [0.717, 1.165) is 12.2 Å². The maximum Gasteiger partial charge on any atom is 2.00 e. The zero-order valence-corrected chi connectivity index (χ0v) is 11.1. The summed E-state index contributed by atoms with van der Waals surface area (Å²) in [5.41, 5.74) is 0. The van der Waals surface area contributed by atoms with Gasteiger partial charge in [0.15, 0.2) is 0 Å². The average molecular weight is 329 g/mol. The van der Waals surface area contributed by atoms with E-state index in [1.54, 1.807) is 38.2 Å². The Balaban J connectivity index is -0.000000218. The van der Waals surface area contributed by atoms with E-state index in [1.165, 1.54) is 12.2 Å². The van der Waals surface area contributed by atoms with E-state index in [4.69, 9.17) is 0 Å². The molecule has 0 bridgehead atoms. The zero-order valence-electron chi connectivity index (χ0n) is 9.57. The van der Waals surface area contributed by atoms with Gasteiger partial charge in [0.05, 0.1) is 11.9 Å². The summed E-state index contributed by atoms with van der Waals surface area (Å²) in [6.45, 7) is 3.61. The van der Waals surface area contributed by atoms with Gasteiger partial charge in [0.25, 0.3) is 0 Å². The number of rotatable bonds is 4. The first-order valence-electron chi connectivity index (χ1n) is 4.55. The van der Waals surface area contributed by atoms with E-state index in [2.05, 4.69) is 0 Å². The standard InChI is InChI=1S/2C6H8O2.Pd/c2*1-2-3-4-5-6(7)8;/h2*2-5H,1H3,(H,7,8);/q;;+2/p-2. The van der Waals surface area contributed by atoms with Crippen LogP contribution in [0.5, 0.6) is 0 Å². The molecule has 0 rings (SSSR count). The molecule has 96 valence electrons. The van der Waals surface area contributed by atoms with E-state index in [-0.39, 0.29) is 20.4 Å². The largest absolute Gasteiger partial charge is 2.00 e. The summed E-state index contributed by atoms with van der Waals surface area (Å²) in [4.78, 5) is 19.3. The van der Waals surface area contributed by atoms with Gasteiger partial charge in [-0.3, -0.25) is 0 Å². The molecule has 0 aliphatic carbocycles. The molecular formula is C12H14O4Pd. The van der Waals surface area contributed by atoms with Gasteiger partial charge in [0, 0.05) is 0 Å². The van der Waals surface area contributed by atoms with Crippen molar-refractivity contribution in [3.63, 3.8) is 0 Å². The molecule has 0 atom stereocenters. The Morgan fingerprint density at radius 3 is 1.24 bits per heavy atom. The minimum Gasteiger partial charge on any atom is -0.545 e. The summed E-state index contributed by atoms with van der Waals surface area (Å²) in [6.07, 6.45) is 11.5. The number of carbonyl (C=O) groups is 2. The smallest absolute Gasteiger partial charge is 0.545 e. The Bertz CT molecular complexity index is 282. The number of aliphatic carboxylic acids is 2. The quantitative estimate of drug-likeness (QED) is 0.404. The summed E-state index contributed by atoms with van der Waals surface area (Å²) >= 11 is 0. The van der Waals surface area contributed by atoms with Crippen LogP contribution >= 0.6 is 0 Å². The van der Waals surface area contributed by atoms with E-state index < -0.39 is 11.9 Å². The van der Waals surface area contributed by atoms with Gasteiger partial charge in [-0.15, -0.1) is 0 Å². The van der Waals surface area contributed by atoms with Crippen molar-refractivity contribution in [1.29, 1.82) is 0 Å². The first-order chi connectivity index (χ1) is 7.54. The predicted octanol–water partition coefficient (Wildman–Crippen LogP) is -0.265. The van der Waals surface area contributed by atoms with E-state index in [0.29, 0.717) is 0 Å². The fourth-order valence-electron chi connectivity index (χ4n) is 0.490. The van der Waals surface area contributed by atoms with Crippen LogP contribution in [0, 0.1) is 0 Å². The molecule has 0 saturated carbocycles. The third-order valence-corrected chi connectivity index (χ3v) is 1.07. The molecule has 0 fully saturated rings. The van der Waals surface area contributed by atoms with Crippen LogP contribution in [0.3, 0.4) is 0 Å². The Morgan fingerprint density at radius 2 is 1.06 bits per heavy atom. The topological polar surface area (TPSA) is 80.3 Å². The molecule has 0 aromatic heterocycles. The molecule has 0 radical (unpaired) electrons. The van der Waals surface area contributed by atoms with Gasteiger partial charge in [-0.25, -0.2) is 0 Å². The average Bonchev–Trinajstić information content (AvgIpc) is 2.18. The Labute approximate surface area is 115 Å². The van der Waals surface area contributed by atoms with Crippen molar-refractivity contribution in [2.24, 2.45) is 0 Å². The fourth-order valence-corrected chi connectivity index (χ4v) is 0.490. The van der Waals surface area contributed by atoms with Crippen LogP contribution in [0.4, 0.5) is 0 Å². The fraction of sp³-hybridized carbons (Fsp3) is 0.167. The molecular weight excluding hydrogens is 315 g/mol. The molecule has 5 heteroatoms. The zero-order chi connectivity index (χ0) is 12.8. The molecule has 17 heavy (non-hydrogen) atoms. The maximum atomic E-state index is 9.64. The van der Waals surface area contributed by atoms with Gasteiger partial charge >= 0.3 is 20.4 Å². The summed E-state index contributed by atoms with van der Waals surface area (Å²) in [6, 6.07) is 0. The molecule has 0 spiro atoms. The van der Waals surface area contributed by atoms with Crippen LogP contribution < -0.4 is 10.2 Å². The van der Waals surface area contributed by atoms with Gasteiger partial charge in [-0.1, -0.05) is 36.5 Å². The number of carboxylic acid groups (broad SMARTS) is 2. The van der Waals surface area contributed by atoms with Gasteiger partial charge in [0.1, 0.15) is 0 Å². The Hall–Kier alpha value is -1.44. The minimum absolute atomic E-state index is 0. The van der Waals surface area contributed by atoms with E-state index >= 15 is 0 Å². The Kier molecular flexibility index (Phi) is 20.9. The number of carbonyl (C=O) groups excluding carboxylic acids is 2. The summed E-state index contributed by atoms with van der Waals surface area (Å²) < 4.78 is 0. The van der Waals surface area contributed by atoms with Crippen molar-refractivity contribution in [2.75, 3.05) is 0 Å². The number of hydrogen-bond acceptors (Lipinski definition) is 4. The maximum absolute atomic E-state index is 9.64. The van der Waals surface area contributed by atoms with Crippen LogP contribution in [0.15, 0.2) is 48.6 Å². The normalized spacial score (nSPS) is 10.5. The molecule has 0 aliphatic heterocycles. The van der Waals surface area contributed by atoms with Crippen LogP contribution in [-0.2, 0) is 30.0 Å². The van der Waals surface area contributed by atoms with Crippen molar-refractivity contribution in [3.05, 3.63) is 48.6 Å². The summed E-state index contributed by atoms with van der Waals surface area (Å²) in [5.74, 6) is -2.33. The van der Waals surface area contributed by atoms with E-state index in [1.807, 2.05) is 0 Å². The van der Waals surface area contributed by atoms with E-state index in [9.17, 15) is 19.8 Å². The molecule has 0 N–H and O–H groups in total. The number of hydrogen-bond donors (Lipinski definition) is 0. The molecule has 0 saturated heterocycles.